The van der Waals surface area contributed by atoms with Crippen LogP contribution in [0.4, 0.5) is 11.6 Å². The fourth-order valence-electron chi connectivity index (χ4n) is 4.56. The molecule has 1 aliphatic rings. The molecule has 3 rings (SSSR count). The van der Waals surface area contributed by atoms with E-state index in [1.54, 1.807) is 13.8 Å². The average Bonchev–Trinajstić information content (AvgIpc) is 3.36. The topological polar surface area (TPSA) is 252 Å². The van der Waals surface area contributed by atoms with Crippen LogP contribution in [0.15, 0.2) is 56.9 Å². The fourth-order valence-corrected chi connectivity index (χ4v) is 6.81. The first kappa shape index (κ1) is 41.0. The van der Waals surface area contributed by atoms with Gasteiger partial charge in [-0.05, 0) is 38.1 Å². The monoisotopic (exact) mass is 763 g/mol. The van der Waals surface area contributed by atoms with Crippen molar-refractivity contribution in [1.29, 1.82) is 5.26 Å². The van der Waals surface area contributed by atoms with Crippen molar-refractivity contribution >= 4 is 63.1 Å². The zero-order valence-corrected chi connectivity index (χ0v) is 30.5. The van der Waals surface area contributed by atoms with Crippen molar-refractivity contribution in [3.63, 3.8) is 0 Å². The van der Waals surface area contributed by atoms with Gasteiger partial charge in [-0.2, -0.15) is 5.26 Å². The first-order valence-corrected chi connectivity index (χ1v) is 17.7. The molecule has 0 unspecified atom stereocenters. The van der Waals surface area contributed by atoms with Gasteiger partial charge in [-0.3, -0.25) is 24.0 Å². The number of esters is 4. The number of sulfonamides is 1. The van der Waals surface area contributed by atoms with E-state index in [0.717, 1.165) is 27.7 Å². The van der Waals surface area contributed by atoms with E-state index in [2.05, 4.69) is 27.1 Å². The molecule has 1 aliphatic heterocycles. The molecule has 0 radical (unpaired) electrons. The second-order valence-electron chi connectivity index (χ2n) is 11.0. The number of benzene rings is 1. The molecule has 3 N–H and O–H groups in total. The first-order valence-electron chi connectivity index (χ1n) is 15.3. The summed E-state index contributed by atoms with van der Waals surface area (Å²) in [4.78, 5) is 61.5. The van der Waals surface area contributed by atoms with Gasteiger partial charge in [0.2, 0.25) is 5.88 Å². The van der Waals surface area contributed by atoms with Crippen LogP contribution in [0.5, 0.6) is 0 Å². The summed E-state index contributed by atoms with van der Waals surface area (Å²) in [5, 5.41) is 19.2. The number of hydrogen-bond acceptors (Lipinski definition) is 17. The molecule has 20 heteroatoms. The van der Waals surface area contributed by atoms with Gasteiger partial charge in [0.05, 0.1) is 15.6 Å². The molecule has 1 aromatic carbocycles. The summed E-state index contributed by atoms with van der Waals surface area (Å²) < 4.78 is 60.7. The minimum absolute atomic E-state index is 0.0236. The molecule has 1 saturated heterocycles. The molecule has 1 fully saturated rings. The SMILES string of the molecule is C=CCN/C(S[C@@H]1O[C@H](COC(C)=O)[C@@H](OC(C)=O)[C@H](OC(C)=O)[C@H]1OC(C)=O)=C(/C#N)C(=O)Nc1ccc(S(=O)(=O)Nc2onc(C)c2C)cc1. The summed E-state index contributed by atoms with van der Waals surface area (Å²) in [7, 11) is -4.10. The average molecular weight is 764 g/mol. The van der Waals surface area contributed by atoms with E-state index in [-0.39, 0.29) is 28.0 Å². The Bertz CT molecular complexity index is 1870. The third-order valence-corrected chi connectivity index (χ3v) is 9.50. The van der Waals surface area contributed by atoms with Crippen molar-refractivity contribution in [3.8, 4) is 6.07 Å². The van der Waals surface area contributed by atoms with E-state index in [0.29, 0.717) is 23.0 Å². The number of hydrogen-bond donors (Lipinski definition) is 3. The number of nitriles is 1. The molecule has 1 aromatic heterocycles. The molecule has 280 valence electrons. The number of nitrogens with one attached hydrogen (secondary N) is 3. The number of rotatable bonds is 15. The lowest BCUT2D eigenvalue weighted by Crippen LogP contribution is -2.61. The quantitative estimate of drug-likeness (QED) is 0.0774. The zero-order chi connectivity index (χ0) is 38.7. The van der Waals surface area contributed by atoms with Crippen LogP contribution in [-0.2, 0) is 57.7 Å². The van der Waals surface area contributed by atoms with Crippen molar-refractivity contribution in [1.82, 2.24) is 10.5 Å². The Kier molecular flexibility index (Phi) is 14.4. The van der Waals surface area contributed by atoms with E-state index in [4.69, 9.17) is 28.2 Å². The lowest BCUT2D eigenvalue weighted by Gasteiger charge is -2.44. The number of carbonyl (C=O) groups excluding carboxylic acids is 5. The third kappa shape index (κ3) is 11.1. The van der Waals surface area contributed by atoms with Crippen LogP contribution in [0, 0.1) is 25.2 Å². The Morgan fingerprint density at radius 2 is 1.56 bits per heavy atom. The number of thioether (sulfide) groups is 1. The predicted molar refractivity (Wildman–Crippen MR) is 182 cm³/mol. The first-order chi connectivity index (χ1) is 24.5. The van der Waals surface area contributed by atoms with Gasteiger partial charge in [0.15, 0.2) is 23.7 Å². The number of ether oxygens (including phenoxy) is 5. The Morgan fingerprint density at radius 1 is 0.962 bits per heavy atom. The van der Waals surface area contributed by atoms with Crippen molar-refractivity contribution < 1.29 is 60.6 Å². The van der Waals surface area contributed by atoms with Crippen LogP contribution >= 0.6 is 11.8 Å². The maximum absolute atomic E-state index is 13.5. The maximum atomic E-state index is 13.5. The highest BCUT2D eigenvalue weighted by Crippen LogP contribution is 2.38. The van der Waals surface area contributed by atoms with Gasteiger partial charge in [0, 0.05) is 45.5 Å². The van der Waals surface area contributed by atoms with Crippen LogP contribution in [0.3, 0.4) is 0 Å². The Balaban J connectivity index is 1.98. The summed E-state index contributed by atoms with van der Waals surface area (Å²) >= 11 is 0.691. The molecule has 18 nitrogen and oxygen atoms in total. The second kappa shape index (κ2) is 18.2. The molecule has 0 spiro atoms. The van der Waals surface area contributed by atoms with Crippen LogP contribution < -0.4 is 15.4 Å². The van der Waals surface area contributed by atoms with Gasteiger partial charge in [-0.15, -0.1) is 6.58 Å². The van der Waals surface area contributed by atoms with Crippen molar-refractivity contribution in [2.75, 3.05) is 23.2 Å². The summed E-state index contributed by atoms with van der Waals surface area (Å²) in [6.07, 6.45) is -4.24. The number of aryl methyl sites for hydroxylation is 1. The highest BCUT2D eigenvalue weighted by molar-refractivity contribution is 8.03. The van der Waals surface area contributed by atoms with E-state index >= 15 is 0 Å². The number of nitrogens with zero attached hydrogens (tertiary/aromatic N) is 2. The minimum Gasteiger partial charge on any atom is -0.463 e. The number of anilines is 2. The van der Waals surface area contributed by atoms with Gasteiger partial charge in [-0.1, -0.05) is 23.0 Å². The fraction of sp³-hybridized carbons (Fsp3) is 0.406. The summed E-state index contributed by atoms with van der Waals surface area (Å²) in [5.74, 6) is -4.19. The predicted octanol–water partition coefficient (Wildman–Crippen LogP) is 2.36. The second-order valence-corrected chi connectivity index (χ2v) is 13.8. The van der Waals surface area contributed by atoms with Crippen molar-refractivity contribution in [3.05, 3.63) is 58.8 Å². The Labute approximate surface area is 303 Å². The van der Waals surface area contributed by atoms with E-state index in [9.17, 15) is 37.7 Å². The molecule has 1 amide bonds. The summed E-state index contributed by atoms with van der Waals surface area (Å²) in [6, 6.07) is 6.84. The molecular formula is C32H37N5O13S2. The molecule has 0 aliphatic carbocycles. The molecule has 52 heavy (non-hydrogen) atoms. The van der Waals surface area contributed by atoms with Gasteiger partial charge < -0.3 is 38.8 Å². The Hall–Kier alpha value is -5.39. The van der Waals surface area contributed by atoms with Crippen LogP contribution in [0.2, 0.25) is 0 Å². The van der Waals surface area contributed by atoms with E-state index in [1.807, 2.05) is 6.07 Å². The molecule has 0 bridgehead atoms. The van der Waals surface area contributed by atoms with E-state index < -0.39 is 81.8 Å². The zero-order valence-electron chi connectivity index (χ0n) is 28.9. The van der Waals surface area contributed by atoms with Gasteiger partial charge in [0.25, 0.3) is 15.9 Å². The summed E-state index contributed by atoms with van der Waals surface area (Å²) in [5.41, 5.74) is -0.729. The minimum atomic E-state index is -4.10. The number of carbonyl (C=O) groups is 5. The van der Waals surface area contributed by atoms with Gasteiger partial charge in [-0.25, -0.2) is 13.1 Å². The number of aromatic nitrogens is 1. The number of amides is 1. The lowest BCUT2D eigenvalue weighted by molar-refractivity contribution is -0.237. The molecule has 2 aromatic rings. The van der Waals surface area contributed by atoms with Crippen molar-refractivity contribution in [2.45, 2.75) is 76.3 Å². The van der Waals surface area contributed by atoms with Crippen LogP contribution in [0.1, 0.15) is 39.0 Å². The van der Waals surface area contributed by atoms with Crippen LogP contribution in [-0.4, -0.2) is 86.4 Å². The highest BCUT2D eigenvalue weighted by Gasteiger charge is 2.53. The largest absolute Gasteiger partial charge is 0.463 e. The molecular weight excluding hydrogens is 727 g/mol. The third-order valence-electron chi connectivity index (χ3n) is 6.96. The van der Waals surface area contributed by atoms with E-state index in [1.165, 1.54) is 30.3 Å². The normalized spacial score (nSPS) is 20.2. The standard InChI is InChI=1S/C32H37N5O13S2/c1-8-13-34-31(24(14-33)29(42)35-22-9-11-23(12-10-22)52(43,44)37-30-16(2)17(3)36-50-30)51-32-28(48-21(7)41)27(47-20(6)40)26(46-19(5)39)25(49-32)15-45-18(4)38/h8-12,25-28,32,34,37H,1,13,15H2,2-7H3,(H,35,42)/b31-24+/t25-,26-,27+,28-,32+/m1/s1. The van der Waals surface area contributed by atoms with Crippen LogP contribution in [0.25, 0.3) is 0 Å². The highest BCUT2D eigenvalue weighted by atomic mass is 32.2. The van der Waals surface area contributed by atoms with Crippen molar-refractivity contribution in [2.24, 2.45) is 0 Å². The van der Waals surface area contributed by atoms with Gasteiger partial charge >= 0.3 is 23.9 Å². The summed E-state index contributed by atoms with van der Waals surface area (Å²) in [6.45, 7) is 10.8. The molecule has 2 heterocycles. The lowest BCUT2D eigenvalue weighted by atomic mass is 9.99. The molecule has 5 atom stereocenters. The maximum Gasteiger partial charge on any atom is 0.303 e. The molecule has 0 saturated carbocycles. The van der Waals surface area contributed by atoms with Gasteiger partial charge in [0.1, 0.15) is 24.4 Å². The Morgan fingerprint density at radius 3 is 2.08 bits per heavy atom. The smallest absolute Gasteiger partial charge is 0.303 e.